The molecule has 2 aromatic rings. The van der Waals surface area contributed by atoms with Gasteiger partial charge in [-0.25, -0.2) is 9.07 Å². The van der Waals surface area contributed by atoms with Gasteiger partial charge in [-0.3, -0.25) is 14.9 Å². The molecule has 4 rings (SSSR count). The number of carbonyl (C=O) groups is 2. The summed E-state index contributed by atoms with van der Waals surface area (Å²) in [6, 6.07) is 4.49. The van der Waals surface area contributed by atoms with Gasteiger partial charge in [0, 0.05) is 0 Å². The third-order valence-electron chi connectivity index (χ3n) is 6.45. The van der Waals surface area contributed by atoms with E-state index in [4.69, 9.17) is 9.47 Å². The van der Waals surface area contributed by atoms with Gasteiger partial charge in [-0.05, 0) is 68.6 Å². The van der Waals surface area contributed by atoms with Crippen LogP contribution in [0.3, 0.4) is 0 Å². The number of hydrogen-bond donors (Lipinski definition) is 2. The van der Waals surface area contributed by atoms with E-state index in [0.717, 1.165) is 31.4 Å². The zero-order valence-corrected chi connectivity index (χ0v) is 19.3. The molecule has 9 nitrogen and oxygen atoms in total. The number of ether oxygens (including phenoxy) is 2. The summed E-state index contributed by atoms with van der Waals surface area (Å²) in [7, 11) is 0. The number of halogens is 1. The van der Waals surface area contributed by atoms with Crippen LogP contribution in [0.15, 0.2) is 24.4 Å². The second-order valence-corrected chi connectivity index (χ2v) is 9.13. The lowest BCUT2D eigenvalue weighted by Gasteiger charge is -2.28. The van der Waals surface area contributed by atoms with E-state index in [1.54, 1.807) is 23.0 Å². The number of nitrogens with one attached hydrogen (secondary N) is 1. The molecule has 1 aromatic heterocycles. The van der Waals surface area contributed by atoms with Crippen LogP contribution in [0.2, 0.25) is 0 Å². The van der Waals surface area contributed by atoms with Crippen LogP contribution in [0, 0.1) is 11.7 Å². The van der Waals surface area contributed by atoms with Crippen molar-refractivity contribution in [1.29, 1.82) is 0 Å². The first-order chi connectivity index (χ1) is 16.4. The number of rotatable bonds is 12. The van der Waals surface area contributed by atoms with Crippen molar-refractivity contribution >= 4 is 11.8 Å². The Kier molecular flexibility index (Phi) is 7.57. The van der Waals surface area contributed by atoms with E-state index in [1.165, 1.54) is 6.07 Å². The lowest BCUT2D eigenvalue weighted by atomic mass is 9.90. The highest BCUT2D eigenvalue weighted by Crippen LogP contribution is 2.33. The molecule has 2 N–H and O–H groups in total. The maximum absolute atomic E-state index is 14.2. The molecule has 2 amide bonds. The average Bonchev–Trinajstić information content (AvgIpc) is 3.55. The molecule has 1 aromatic carbocycles. The normalized spacial score (nSPS) is 20.1. The maximum atomic E-state index is 14.2. The Morgan fingerprint density at radius 2 is 2.15 bits per heavy atom. The van der Waals surface area contributed by atoms with Crippen LogP contribution in [0.1, 0.15) is 56.7 Å². The maximum Gasteiger partial charge on any atom is 0.255 e. The van der Waals surface area contributed by atoms with Crippen LogP contribution in [0.25, 0.3) is 0 Å². The number of aromatic nitrogens is 3. The van der Waals surface area contributed by atoms with Crippen molar-refractivity contribution in [3.05, 3.63) is 41.5 Å². The quantitative estimate of drug-likeness (QED) is 0.358. The van der Waals surface area contributed by atoms with Crippen molar-refractivity contribution in [2.24, 2.45) is 5.92 Å². The fourth-order valence-corrected chi connectivity index (χ4v) is 4.01. The summed E-state index contributed by atoms with van der Waals surface area (Å²) < 4.78 is 26.8. The number of morpholine rings is 1. The summed E-state index contributed by atoms with van der Waals surface area (Å²) in [5.41, 5.74) is 0.149. The van der Waals surface area contributed by atoms with E-state index in [9.17, 15) is 19.1 Å². The number of carbonyl (C=O) groups excluding carboxylic acids is 2. The summed E-state index contributed by atoms with van der Waals surface area (Å²) in [6.07, 6.45) is 6.30. The molecular weight excluding hydrogens is 443 g/mol. The minimum absolute atomic E-state index is 0.0978. The predicted molar refractivity (Wildman–Crippen MR) is 119 cm³/mol. The summed E-state index contributed by atoms with van der Waals surface area (Å²) in [5, 5.41) is 21.9. The van der Waals surface area contributed by atoms with Crippen LogP contribution in [0.4, 0.5) is 4.39 Å². The highest BCUT2D eigenvalue weighted by atomic mass is 19.1. The van der Waals surface area contributed by atoms with Crippen LogP contribution in [0.5, 0.6) is 5.75 Å². The summed E-state index contributed by atoms with van der Waals surface area (Å²) in [5.74, 6) is -0.597. The van der Waals surface area contributed by atoms with Gasteiger partial charge in [-0.15, -0.1) is 5.10 Å². The predicted octanol–water partition coefficient (Wildman–Crippen LogP) is 2.26. The minimum Gasteiger partial charge on any atom is -0.490 e. The van der Waals surface area contributed by atoms with Crippen LogP contribution < -0.4 is 10.1 Å². The summed E-state index contributed by atoms with van der Waals surface area (Å²) >= 11 is 0. The van der Waals surface area contributed by atoms with Crippen LogP contribution in [-0.4, -0.2) is 51.2 Å². The fraction of sp³-hybridized carbons (Fsp3) is 0.583. The molecule has 184 valence electrons. The number of hydrogen-bond acceptors (Lipinski definition) is 7. The van der Waals surface area contributed by atoms with E-state index in [1.807, 2.05) is 6.92 Å². The van der Waals surface area contributed by atoms with E-state index >= 15 is 0 Å². The van der Waals surface area contributed by atoms with Gasteiger partial charge in [0.1, 0.15) is 18.3 Å². The van der Waals surface area contributed by atoms with Crippen molar-refractivity contribution in [1.82, 2.24) is 20.3 Å². The smallest absolute Gasteiger partial charge is 0.255 e. The zero-order chi connectivity index (χ0) is 24.1. The number of imide groups is 1. The molecule has 34 heavy (non-hydrogen) atoms. The molecule has 2 heterocycles. The second-order valence-electron chi connectivity index (χ2n) is 9.13. The first-order valence-corrected chi connectivity index (χ1v) is 11.9. The number of aliphatic hydroxyl groups is 1. The van der Waals surface area contributed by atoms with E-state index < -0.39 is 29.3 Å². The number of benzene rings is 1. The molecular formula is C24H31FN4O5. The molecule has 0 radical (unpaired) electrons. The number of nitrogens with zero attached hydrogens (tertiary/aromatic N) is 3. The van der Waals surface area contributed by atoms with Gasteiger partial charge in [-0.1, -0.05) is 18.2 Å². The molecule has 1 saturated heterocycles. The van der Waals surface area contributed by atoms with Gasteiger partial charge in [0.05, 0.1) is 25.0 Å². The monoisotopic (exact) mass is 474 g/mol. The zero-order valence-electron chi connectivity index (χ0n) is 19.3. The number of unbranched alkanes of at least 4 members (excludes halogenated alkanes) is 1. The highest BCUT2D eigenvalue weighted by Gasteiger charge is 2.31. The lowest BCUT2D eigenvalue weighted by molar-refractivity contribution is -0.150. The summed E-state index contributed by atoms with van der Waals surface area (Å²) in [6.45, 7) is 2.43. The molecule has 1 aliphatic heterocycles. The fourth-order valence-electron chi connectivity index (χ4n) is 4.01. The Labute approximate surface area is 197 Å². The number of aryl methyl sites for hydroxylation is 1. The highest BCUT2D eigenvalue weighted by molar-refractivity contribution is 5.99. The number of amides is 2. The largest absolute Gasteiger partial charge is 0.490 e. The molecule has 2 unspecified atom stereocenters. The van der Waals surface area contributed by atoms with E-state index in [2.05, 4.69) is 15.6 Å². The Hall–Kier alpha value is -2.85. The van der Waals surface area contributed by atoms with Gasteiger partial charge in [0.15, 0.2) is 11.6 Å². The molecule has 0 bridgehead atoms. The van der Waals surface area contributed by atoms with Crippen molar-refractivity contribution < 1.29 is 28.6 Å². The van der Waals surface area contributed by atoms with Crippen molar-refractivity contribution in [3.63, 3.8) is 0 Å². The lowest BCUT2D eigenvalue weighted by Crippen LogP contribution is -2.48. The van der Waals surface area contributed by atoms with Gasteiger partial charge in [0.2, 0.25) is 0 Å². The third kappa shape index (κ3) is 5.98. The minimum atomic E-state index is -1.27. The van der Waals surface area contributed by atoms with Crippen molar-refractivity contribution in [2.45, 2.75) is 70.1 Å². The Bertz CT molecular complexity index is 1020. The molecule has 2 aliphatic rings. The standard InChI is InChI=1S/C24H31FN4O5/c1-2-24(32,17-9-10-19(25)21(11-17)33-13-16-7-8-16)15-29-18(12-26-28-29)5-3-4-6-20-23(31)27-22(30)14-34-20/h9-12,16,20,32H,2-8,13-15H2,1H3,(H,27,30,31). The van der Waals surface area contributed by atoms with Gasteiger partial charge in [-0.2, -0.15) is 0 Å². The second kappa shape index (κ2) is 10.6. The van der Waals surface area contributed by atoms with E-state index in [-0.39, 0.29) is 18.9 Å². The van der Waals surface area contributed by atoms with Crippen LogP contribution >= 0.6 is 0 Å². The van der Waals surface area contributed by atoms with Gasteiger partial charge in [0.25, 0.3) is 11.8 Å². The molecule has 1 aliphatic carbocycles. The summed E-state index contributed by atoms with van der Waals surface area (Å²) in [4.78, 5) is 22.9. The third-order valence-corrected chi connectivity index (χ3v) is 6.45. The molecule has 1 saturated carbocycles. The van der Waals surface area contributed by atoms with Crippen LogP contribution in [-0.2, 0) is 32.9 Å². The van der Waals surface area contributed by atoms with Crippen molar-refractivity contribution in [2.75, 3.05) is 13.2 Å². The topological polar surface area (TPSA) is 116 Å². The molecule has 10 heteroatoms. The molecule has 2 fully saturated rings. The molecule has 2 atom stereocenters. The Morgan fingerprint density at radius 3 is 2.88 bits per heavy atom. The van der Waals surface area contributed by atoms with E-state index in [0.29, 0.717) is 37.4 Å². The Morgan fingerprint density at radius 1 is 1.32 bits per heavy atom. The first kappa shape index (κ1) is 24.3. The van der Waals surface area contributed by atoms with Gasteiger partial charge >= 0.3 is 0 Å². The van der Waals surface area contributed by atoms with Gasteiger partial charge < -0.3 is 14.6 Å². The van der Waals surface area contributed by atoms with Crippen molar-refractivity contribution in [3.8, 4) is 5.75 Å². The molecule has 0 spiro atoms. The Balaban J connectivity index is 1.35. The SMILES string of the molecule is CCC(O)(Cn1nncc1CCCCC1OCC(=O)NC1=O)c1ccc(F)c(OCC2CC2)c1. The average molecular weight is 475 g/mol. The first-order valence-electron chi connectivity index (χ1n) is 11.9.